The first-order valence-corrected chi connectivity index (χ1v) is 10.3. The number of hydrogen-bond acceptors (Lipinski definition) is 4. The van der Waals surface area contributed by atoms with Crippen LogP contribution < -0.4 is 11.2 Å². The van der Waals surface area contributed by atoms with Gasteiger partial charge in [-0.1, -0.05) is 83.3 Å². The molecule has 31 heavy (non-hydrogen) atoms. The van der Waals surface area contributed by atoms with Gasteiger partial charge in [0.2, 0.25) is 0 Å². The van der Waals surface area contributed by atoms with E-state index in [0.717, 1.165) is 27.7 Å². The number of hydrogen-bond donors (Lipinski definition) is 2. The third-order valence-electron chi connectivity index (χ3n) is 4.84. The molecule has 2 heterocycles. The second-order valence-electron chi connectivity index (χ2n) is 6.70. The first-order chi connectivity index (χ1) is 14.9. The molecule has 6 nitrogen and oxygen atoms in total. The van der Waals surface area contributed by atoms with Crippen molar-refractivity contribution in [3.8, 4) is 11.3 Å². The number of aryl methyl sites for hydroxylation is 1. The van der Waals surface area contributed by atoms with Crippen LogP contribution in [0.4, 0.5) is 5.69 Å². The van der Waals surface area contributed by atoms with Gasteiger partial charge in [-0.25, -0.2) is 10.4 Å². The van der Waals surface area contributed by atoms with E-state index in [1.165, 1.54) is 0 Å². The highest BCUT2D eigenvalue weighted by molar-refractivity contribution is 6.46. The Morgan fingerprint density at radius 1 is 1.06 bits per heavy atom. The number of fused-ring (bicyclic) bond motifs is 1. The topological polar surface area (TPSA) is 85.3 Å². The van der Waals surface area contributed by atoms with Crippen LogP contribution in [0.15, 0.2) is 59.7 Å². The average Bonchev–Trinajstić information content (AvgIpc) is 3.07. The van der Waals surface area contributed by atoms with Gasteiger partial charge in [-0.3, -0.25) is 4.79 Å². The summed E-state index contributed by atoms with van der Waals surface area (Å²) in [6.45, 7) is 0. The van der Waals surface area contributed by atoms with Crippen molar-refractivity contribution in [1.29, 1.82) is 0 Å². The molecule has 0 bridgehead atoms. The van der Waals surface area contributed by atoms with Gasteiger partial charge in [0.1, 0.15) is 5.02 Å². The number of nitrogens with two attached hydrogens (primary N) is 1. The zero-order valence-electron chi connectivity index (χ0n) is 16.2. The first-order valence-electron chi connectivity index (χ1n) is 9.16. The summed E-state index contributed by atoms with van der Waals surface area (Å²) in [6, 6.07) is 17.9. The number of carbonyl (C=O) groups is 1. The molecule has 0 saturated carbocycles. The molecule has 0 saturated heterocycles. The van der Waals surface area contributed by atoms with Gasteiger partial charge in [0.05, 0.1) is 22.6 Å². The Balaban J connectivity index is 1.72. The summed E-state index contributed by atoms with van der Waals surface area (Å²) in [5.74, 6) is -0.659. The van der Waals surface area contributed by atoms with Crippen LogP contribution in [0.5, 0.6) is 0 Å². The van der Waals surface area contributed by atoms with Gasteiger partial charge in [-0.05, 0) is 11.6 Å². The van der Waals surface area contributed by atoms with Crippen LogP contribution in [0.25, 0.3) is 22.2 Å². The van der Waals surface area contributed by atoms with Gasteiger partial charge in [-0.2, -0.15) is 5.10 Å². The number of nitrogens with one attached hydrogen (secondary N) is 1. The molecule has 2 aromatic carbocycles. The smallest absolute Gasteiger partial charge is 0.291 e. The largest absolute Gasteiger partial charge is 0.396 e. The van der Waals surface area contributed by atoms with Gasteiger partial charge in [0.15, 0.2) is 10.8 Å². The number of rotatable bonds is 4. The van der Waals surface area contributed by atoms with E-state index in [4.69, 9.17) is 40.5 Å². The van der Waals surface area contributed by atoms with E-state index in [1.54, 1.807) is 6.21 Å². The Morgan fingerprint density at radius 2 is 1.74 bits per heavy atom. The number of amides is 1. The summed E-state index contributed by atoms with van der Waals surface area (Å²) in [5, 5.41) is 4.93. The summed E-state index contributed by atoms with van der Waals surface area (Å²) in [5.41, 5.74) is 11.9. The van der Waals surface area contributed by atoms with Gasteiger partial charge in [0, 0.05) is 23.5 Å². The molecular weight excluding hydrogens is 457 g/mol. The minimum Gasteiger partial charge on any atom is -0.396 e. The number of para-hydroxylation sites is 1. The lowest BCUT2D eigenvalue weighted by Crippen LogP contribution is -2.20. The molecule has 0 atom stereocenters. The van der Waals surface area contributed by atoms with Crippen molar-refractivity contribution in [2.45, 2.75) is 0 Å². The van der Waals surface area contributed by atoms with Crippen molar-refractivity contribution >= 4 is 63.5 Å². The van der Waals surface area contributed by atoms with Crippen LogP contribution in [-0.4, -0.2) is 21.7 Å². The molecule has 3 N–H and O–H groups in total. The maximum absolute atomic E-state index is 12.6. The van der Waals surface area contributed by atoms with Crippen LogP contribution in [0, 0.1) is 0 Å². The highest BCUT2D eigenvalue weighted by atomic mass is 35.5. The van der Waals surface area contributed by atoms with E-state index < -0.39 is 5.91 Å². The highest BCUT2D eigenvalue weighted by Crippen LogP contribution is 2.34. The predicted octanol–water partition coefficient (Wildman–Crippen LogP) is 5.55. The van der Waals surface area contributed by atoms with Crippen molar-refractivity contribution < 1.29 is 4.79 Å². The quantitative estimate of drug-likeness (QED) is 0.232. The minimum atomic E-state index is -0.659. The third kappa shape index (κ3) is 3.85. The molecule has 0 aliphatic heterocycles. The number of anilines is 1. The molecular formula is C22H16Cl3N5O. The van der Waals surface area contributed by atoms with Crippen molar-refractivity contribution in [3.63, 3.8) is 0 Å². The fraction of sp³-hybridized carbons (Fsp3) is 0.0455. The molecule has 1 amide bonds. The maximum atomic E-state index is 12.6. The van der Waals surface area contributed by atoms with Gasteiger partial charge in [0.25, 0.3) is 5.91 Å². The summed E-state index contributed by atoms with van der Waals surface area (Å²) < 4.78 is 2.09. The van der Waals surface area contributed by atoms with Crippen LogP contribution in [0.1, 0.15) is 16.1 Å². The molecule has 4 aromatic rings. The lowest BCUT2D eigenvalue weighted by Gasteiger charge is -2.08. The zero-order chi connectivity index (χ0) is 22.1. The SMILES string of the molecule is Cn1c(-c2ccccc2)c(/C=N\NC(=O)c2nc(Cl)c(Cl)c(N)c2Cl)c2ccccc21. The van der Waals surface area contributed by atoms with Crippen molar-refractivity contribution in [1.82, 2.24) is 15.0 Å². The number of hydrazone groups is 1. The highest BCUT2D eigenvalue weighted by Gasteiger charge is 2.20. The fourth-order valence-electron chi connectivity index (χ4n) is 3.39. The number of carbonyl (C=O) groups excluding carboxylic acids is 1. The van der Waals surface area contributed by atoms with E-state index in [1.807, 2.05) is 61.6 Å². The van der Waals surface area contributed by atoms with Crippen molar-refractivity contribution in [2.24, 2.45) is 12.1 Å². The second-order valence-corrected chi connectivity index (χ2v) is 7.81. The van der Waals surface area contributed by atoms with Crippen molar-refractivity contribution in [3.05, 3.63) is 81.1 Å². The monoisotopic (exact) mass is 471 g/mol. The van der Waals surface area contributed by atoms with E-state index in [-0.39, 0.29) is 26.6 Å². The van der Waals surface area contributed by atoms with Gasteiger partial charge < -0.3 is 10.3 Å². The molecule has 156 valence electrons. The van der Waals surface area contributed by atoms with E-state index in [2.05, 4.69) is 20.1 Å². The fourth-order valence-corrected chi connectivity index (χ4v) is 3.98. The lowest BCUT2D eigenvalue weighted by atomic mass is 10.1. The molecule has 9 heteroatoms. The number of halogens is 3. The number of aromatic nitrogens is 2. The Kier molecular flexibility index (Phi) is 5.87. The Labute approximate surface area is 193 Å². The number of pyridine rings is 1. The minimum absolute atomic E-state index is 0.00465. The summed E-state index contributed by atoms with van der Waals surface area (Å²) in [4.78, 5) is 16.5. The summed E-state index contributed by atoms with van der Waals surface area (Å²) >= 11 is 17.9. The normalized spacial score (nSPS) is 11.4. The molecule has 0 spiro atoms. The van der Waals surface area contributed by atoms with Crippen LogP contribution in [0.2, 0.25) is 15.2 Å². The molecule has 2 aromatic heterocycles. The zero-order valence-corrected chi connectivity index (χ0v) is 18.5. The summed E-state index contributed by atoms with van der Waals surface area (Å²) in [7, 11) is 1.99. The van der Waals surface area contributed by atoms with Gasteiger partial charge in [-0.15, -0.1) is 0 Å². The Hall–Kier alpha value is -3.06. The van der Waals surface area contributed by atoms with Crippen LogP contribution in [0.3, 0.4) is 0 Å². The Bertz CT molecular complexity index is 1330. The molecule has 4 rings (SSSR count). The standard InChI is InChI=1S/C22H16Cl3N5O/c1-30-15-10-6-5-9-13(15)14(20(30)12-7-3-2-4-8-12)11-27-29-22(31)19-16(23)18(26)17(24)21(25)28-19/h2-11H,1H3,(H2,26,28)(H,29,31)/b27-11-. The van der Waals surface area contributed by atoms with Crippen LogP contribution >= 0.6 is 34.8 Å². The van der Waals surface area contributed by atoms with Crippen molar-refractivity contribution in [2.75, 3.05) is 5.73 Å². The number of benzene rings is 2. The van der Waals surface area contributed by atoms with Gasteiger partial charge >= 0.3 is 0 Å². The number of nitrogens with zero attached hydrogens (tertiary/aromatic N) is 3. The molecule has 0 aliphatic carbocycles. The van der Waals surface area contributed by atoms with E-state index in [9.17, 15) is 4.79 Å². The average molecular weight is 473 g/mol. The van der Waals surface area contributed by atoms with E-state index >= 15 is 0 Å². The first kappa shape index (κ1) is 21.2. The summed E-state index contributed by atoms with van der Waals surface area (Å²) in [6.07, 6.45) is 1.59. The third-order valence-corrected chi connectivity index (χ3v) is 5.98. The number of nitrogen functional groups attached to an aromatic ring is 1. The second kappa shape index (κ2) is 8.59. The molecule has 0 aliphatic rings. The Morgan fingerprint density at radius 3 is 2.48 bits per heavy atom. The van der Waals surface area contributed by atoms with E-state index in [0.29, 0.717) is 0 Å². The molecule has 0 radical (unpaired) electrons. The maximum Gasteiger partial charge on any atom is 0.291 e. The van der Waals surface area contributed by atoms with Crippen LogP contribution in [-0.2, 0) is 7.05 Å². The lowest BCUT2D eigenvalue weighted by molar-refractivity contribution is 0.0950. The molecule has 0 unspecified atom stereocenters. The molecule has 0 fully saturated rings. The predicted molar refractivity (Wildman–Crippen MR) is 127 cm³/mol.